The lowest BCUT2D eigenvalue weighted by Gasteiger charge is -2.23. The van der Waals surface area contributed by atoms with Gasteiger partial charge in [-0.1, -0.05) is 6.92 Å². The van der Waals surface area contributed by atoms with Crippen molar-refractivity contribution >= 4 is 38.6 Å². The third-order valence-electron chi connectivity index (χ3n) is 5.60. The van der Waals surface area contributed by atoms with Crippen LogP contribution in [0.1, 0.15) is 36.7 Å². The average molecular weight is 441 g/mol. The van der Waals surface area contributed by atoms with Gasteiger partial charge in [-0.05, 0) is 40.9 Å². The van der Waals surface area contributed by atoms with Crippen LogP contribution >= 0.6 is 15.9 Å². The van der Waals surface area contributed by atoms with Crippen LogP contribution in [0.3, 0.4) is 0 Å². The number of fused-ring (bicyclic) bond motifs is 1. The number of rotatable bonds is 4. The van der Waals surface area contributed by atoms with E-state index in [1.165, 1.54) is 4.90 Å². The van der Waals surface area contributed by atoms with Gasteiger partial charge < -0.3 is 15.2 Å². The first-order chi connectivity index (χ1) is 12.7. The fraction of sp³-hybridized carbons (Fsp3) is 0.500. The van der Waals surface area contributed by atoms with Gasteiger partial charge in [0.15, 0.2) is 0 Å². The Morgan fingerprint density at radius 3 is 2.81 bits per heavy atom. The molecule has 2 atom stereocenters. The van der Waals surface area contributed by atoms with Crippen LogP contribution in [0.5, 0.6) is 0 Å². The highest BCUT2D eigenvalue weighted by atomic mass is 79.9. The van der Waals surface area contributed by atoms with Gasteiger partial charge >= 0.3 is 0 Å². The minimum Gasteiger partial charge on any atom is -0.349 e. The molecule has 2 amide bonds. The number of carbonyl (C=O) groups is 2. The predicted molar refractivity (Wildman–Crippen MR) is 98.5 cm³/mol. The number of hydrogen-bond donors (Lipinski definition) is 2. The van der Waals surface area contributed by atoms with Crippen molar-refractivity contribution in [2.45, 2.75) is 38.2 Å². The molecule has 1 saturated carbocycles. The van der Waals surface area contributed by atoms with Crippen molar-refractivity contribution in [3.63, 3.8) is 0 Å². The number of halogens is 3. The molecule has 2 aromatic heterocycles. The van der Waals surface area contributed by atoms with Crippen molar-refractivity contribution in [3.05, 3.63) is 28.6 Å². The van der Waals surface area contributed by atoms with E-state index in [2.05, 4.69) is 31.2 Å². The van der Waals surface area contributed by atoms with E-state index in [0.29, 0.717) is 35.2 Å². The zero-order valence-electron chi connectivity index (χ0n) is 14.7. The van der Waals surface area contributed by atoms with E-state index in [1.54, 1.807) is 25.3 Å². The van der Waals surface area contributed by atoms with Crippen LogP contribution < -0.4 is 5.32 Å². The van der Waals surface area contributed by atoms with Crippen LogP contribution in [0.15, 0.2) is 22.9 Å². The standard InChI is InChI=1S/C18H19BrF2N4O2/c1-2-11(16(27)25-4-3-17(9-25)8-18(17,20)21)24-15(26)12-5-10-6-14(19)22-7-13(10)23-12/h5-7,11,23H,2-4,8-9H2,1H3,(H,24,26)/t11-,17+/m1/s1. The molecular formula is C18H19BrF2N4O2. The second-order valence-electron chi connectivity index (χ2n) is 7.38. The number of likely N-dealkylation sites (tertiary alicyclic amines) is 1. The minimum absolute atomic E-state index is 0.0668. The predicted octanol–water partition coefficient (Wildman–Crippen LogP) is 3.09. The fourth-order valence-corrected chi connectivity index (χ4v) is 4.15. The van der Waals surface area contributed by atoms with Gasteiger partial charge in [0.25, 0.3) is 11.8 Å². The van der Waals surface area contributed by atoms with Crippen molar-refractivity contribution in [2.75, 3.05) is 13.1 Å². The molecule has 1 aliphatic carbocycles. The highest BCUT2D eigenvalue weighted by Crippen LogP contribution is 2.65. The molecule has 0 unspecified atom stereocenters. The summed E-state index contributed by atoms with van der Waals surface area (Å²) in [5.74, 6) is -3.38. The minimum atomic E-state index is -2.67. The Kier molecular flexibility index (Phi) is 4.25. The zero-order chi connectivity index (χ0) is 19.4. The number of aromatic nitrogens is 2. The molecule has 3 heterocycles. The van der Waals surface area contributed by atoms with Crippen LogP contribution in [0.4, 0.5) is 8.78 Å². The molecule has 1 aliphatic heterocycles. The summed E-state index contributed by atoms with van der Waals surface area (Å²) in [5.41, 5.74) is -0.00866. The molecule has 0 bridgehead atoms. The van der Waals surface area contributed by atoms with Gasteiger partial charge in [-0.3, -0.25) is 9.59 Å². The molecule has 9 heteroatoms. The summed E-state index contributed by atoms with van der Waals surface area (Å²) in [5, 5.41) is 3.54. The summed E-state index contributed by atoms with van der Waals surface area (Å²) < 4.78 is 27.8. The van der Waals surface area contributed by atoms with Crippen molar-refractivity contribution in [2.24, 2.45) is 5.41 Å². The molecule has 2 fully saturated rings. The number of alkyl halides is 2. The van der Waals surface area contributed by atoms with Gasteiger partial charge in [-0.2, -0.15) is 0 Å². The number of H-pyrrole nitrogens is 1. The largest absolute Gasteiger partial charge is 0.349 e. The summed E-state index contributed by atoms with van der Waals surface area (Å²) in [6.07, 6.45) is 2.17. The van der Waals surface area contributed by atoms with Gasteiger partial charge in [0.1, 0.15) is 16.3 Å². The topological polar surface area (TPSA) is 78.1 Å². The fourth-order valence-electron chi connectivity index (χ4n) is 3.81. The highest BCUT2D eigenvalue weighted by molar-refractivity contribution is 9.10. The quantitative estimate of drug-likeness (QED) is 0.716. The Labute approximate surface area is 162 Å². The van der Waals surface area contributed by atoms with Crippen molar-refractivity contribution in [3.8, 4) is 0 Å². The van der Waals surface area contributed by atoms with Crippen LogP contribution in [-0.4, -0.2) is 51.7 Å². The molecule has 2 N–H and O–H groups in total. The summed E-state index contributed by atoms with van der Waals surface area (Å²) in [6, 6.07) is 2.73. The number of carbonyl (C=O) groups excluding carboxylic acids is 2. The maximum atomic E-state index is 13.6. The van der Waals surface area contributed by atoms with Crippen molar-refractivity contribution in [1.82, 2.24) is 20.2 Å². The lowest BCUT2D eigenvalue weighted by Crippen LogP contribution is -2.47. The van der Waals surface area contributed by atoms with Gasteiger partial charge in [-0.15, -0.1) is 0 Å². The lowest BCUT2D eigenvalue weighted by molar-refractivity contribution is -0.132. The first-order valence-electron chi connectivity index (χ1n) is 8.86. The number of nitrogens with one attached hydrogen (secondary N) is 2. The van der Waals surface area contributed by atoms with E-state index in [0.717, 1.165) is 5.39 Å². The molecule has 2 aliphatic rings. The number of nitrogens with zero attached hydrogens (tertiary/aromatic N) is 2. The van der Waals surface area contributed by atoms with E-state index in [1.807, 2.05) is 0 Å². The molecule has 4 rings (SSSR count). The SMILES string of the molecule is CC[C@@H](NC(=O)c1cc2cc(Br)ncc2[nH]1)C(=O)N1CC[C@@]2(C1)CC2(F)F. The Balaban J connectivity index is 1.45. The molecule has 2 aromatic rings. The van der Waals surface area contributed by atoms with E-state index in [-0.39, 0.29) is 18.9 Å². The van der Waals surface area contributed by atoms with Crippen LogP contribution in [0.25, 0.3) is 10.9 Å². The van der Waals surface area contributed by atoms with E-state index < -0.39 is 23.3 Å². The van der Waals surface area contributed by atoms with Gasteiger partial charge in [0.05, 0.1) is 17.1 Å². The third kappa shape index (κ3) is 3.11. The molecule has 6 nitrogen and oxygen atoms in total. The van der Waals surface area contributed by atoms with Crippen LogP contribution in [0, 0.1) is 5.41 Å². The normalized spacial score (nSPS) is 24.4. The van der Waals surface area contributed by atoms with E-state index in [9.17, 15) is 18.4 Å². The Hall–Kier alpha value is -2.03. The number of aromatic amines is 1. The maximum Gasteiger partial charge on any atom is 0.268 e. The zero-order valence-corrected chi connectivity index (χ0v) is 16.3. The molecular weight excluding hydrogens is 422 g/mol. The molecule has 0 aromatic carbocycles. The van der Waals surface area contributed by atoms with Crippen molar-refractivity contribution in [1.29, 1.82) is 0 Å². The molecule has 1 spiro atoms. The second-order valence-corrected chi connectivity index (χ2v) is 8.20. The van der Waals surface area contributed by atoms with Gasteiger partial charge in [0, 0.05) is 24.9 Å². The van der Waals surface area contributed by atoms with Gasteiger partial charge in [-0.25, -0.2) is 13.8 Å². The third-order valence-corrected chi connectivity index (χ3v) is 6.04. The first-order valence-corrected chi connectivity index (χ1v) is 9.66. The van der Waals surface area contributed by atoms with Gasteiger partial charge in [0.2, 0.25) is 5.91 Å². The number of amides is 2. The van der Waals surface area contributed by atoms with E-state index in [4.69, 9.17) is 0 Å². The van der Waals surface area contributed by atoms with E-state index >= 15 is 0 Å². The van der Waals surface area contributed by atoms with Crippen LogP contribution in [-0.2, 0) is 4.79 Å². The Bertz CT molecular complexity index is 931. The highest BCUT2D eigenvalue weighted by Gasteiger charge is 2.73. The molecule has 0 radical (unpaired) electrons. The molecule has 144 valence electrons. The monoisotopic (exact) mass is 440 g/mol. The average Bonchev–Trinajstić information content (AvgIpc) is 3.01. The number of hydrogen-bond acceptors (Lipinski definition) is 3. The molecule has 1 saturated heterocycles. The smallest absolute Gasteiger partial charge is 0.268 e. The molecule has 27 heavy (non-hydrogen) atoms. The maximum absolute atomic E-state index is 13.6. The Morgan fingerprint density at radius 2 is 2.19 bits per heavy atom. The lowest BCUT2D eigenvalue weighted by atomic mass is 10.1. The Morgan fingerprint density at radius 1 is 1.44 bits per heavy atom. The first kappa shape index (κ1) is 18.3. The summed E-state index contributed by atoms with van der Waals surface area (Å²) in [6.45, 7) is 2.16. The second kappa shape index (κ2) is 6.25. The summed E-state index contributed by atoms with van der Waals surface area (Å²) in [7, 11) is 0. The van der Waals surface area contributed by atoms with Crippen LogP contribution in [0.2, 0.25) is 0 Å². The van der Waals surface area contributed by atoms with Crippen molar-refractivity contribution < 1.29 is 18.4 Å². The summed E-state index contributed by atoms with van der Waals surface area (Å²) >= 11 is 3.28. The summed E-state index contributed by atoms with van der Waals surface area (Å²) in [4.78, 5) is 33.8. The number of pyridine rings is 1.